The van der Waals surface area contributed by atoms with E-state index < -0.39 is 36.8 Å². The number of carbonyl (C=O) groups excluding carboxylic acids is 1. The van der Waals surface area contributed by atoms with Crippen molar-refractivity contribution < 1.29 is 34.9 Å². The number of aliphatic hydroxyl groups excluding tert-OH is 3. The molecule has 0 aliphatic carbocycles. The Morgan fingerprint density at radius 3 is 2.27 bits per heavy atom. The zero-order valence-electron chi connectivity index (χ0n) is 7.95. The van der Waals surface area contributed by atoms with Gasteiger partial charge in [-0.3, -0.25) is 9.63 Å². The molecule has 5 N–H and O–H groups in total. The second-order valence-corrected chi connectivity index (χ2v) is 2.84. The summed E-state index contributed by atoms with van der Waals surface area (Å²) in [5.41, 5.74) is 1.44. The molecule has 88 valence electrons. The molecule has 8 nitrogen and oxygen atoms in total. The molecule has 0 unspecified atom stereocenters. The van der Waals surface area contributed by atoms with Gasteiger partial charge in [0.2, 0.25) is 0 Å². The molecule has 8 heteroatoms. The summed E-state index contributed by atoms with van der Waals surface area (Å²) in [6, 6.07) is 0. The average Bonchev–Trinajstić information content (AvgIpc) is 2.14. The van der Waals surface area contributed by atoms with Gasteiger partial charge in [0.1, 0.15) is 18.8 Å². The van der Waals surface area contributed by atoms with Gasteiger partial charge in [0.05, 0.1) is 6.10 Å². The summed E-state index contributed by atoms with van der Waals surface area (Å²) in [5, 5.41) is 35.1. The first-order valence-corrected chi connectivity index (χ1v) is 4.04. The summed E-state index contributed by atoms with van der Waals surface area (Å²) in [5.74, 6) is -0.947. The standard InChI is InChI=1S/C7H13NO7/c1-3(9)5(11)6(12)4(10)2-15-8-7(13)14/h3,5-6,8-9,11-12H,2H2,1H3,(H,13,14)/t3-,5+,6+/m0/s1. The highest BCUT2D eigenvalue weighted by atomic mass is 16.7. The molecule has 3 atom stereocenters. The summed E-state index contributed by atoms with van der Waals surface area (Å²) < 4.78 is 0. The number of carboxylic acid groups (broad SMARTS) is 1. The first kappa shape index (κ1) is 13.8. The van der Waals surface area contributed by atoms with Gasteiger partial charge in [-0.2, -0.15) is 5.48 Å². The lowest BCUT2D eigenvalue weighted by atomic mass is 10.1. The van der Waals surface area contributed by atoms with Crippen molar-refractivity contribution in [1.29, 1.82) is 0 Å². The lowest BCUT2D eigenvalue weighted by Gasteiger charge is -2.18. The predicted octanol–water partition coefficient (Wildman–Crippen LogP) is -2.14. The highest BCUT2D eigenvalue weighted by Crippen LogP contribution is 2.00. The first-order chi connectivity index (χ1) is 6.86. The molecule has 0 aromatic rings. The van der Waals surface area contributed by atoms with Gasteiger partial charge in [-0.25, -0.2) is 4.79 Å². The van der Waals surface area contributed by atoms with Crippen LogP contribution in [-0.2, 0) is 9.63 Å². The Kier molecular flexibility index (Phi) is 5.79. The summed E-state index contributed by atoms with van der Waals surface area (Å²) in [7, 11) is 0. The molecule has 0 aromatic heterocycles. The number of aliphatic hydroxyl groups is 3. The Balaban J connectivity index is 3.94. The number of hydrogen-bond acceptors (Lipinski definition) is 6. The minimum atomic E-state index is -1.82. The quantitative estimate of drug-likeness (QED) is 0.324. The third-order valence-corrected chi connectivity index (χ3v) is 1.52. The third-order valence-electron chi connectivity index (χ3n) is 1.52. The van der Waals surface area contributed by atoms with E-state index in [9.17, 15) is 9.59 Å². The maximum Gasteiger partial charge on any atom is 0.428 e. The topological polar surface area (TPSA) is 136 Å². The van der Waals surface area contributed by atoms with E-state index in [0.29, 0.717) is 0 Å². The number of amides is 1. The van der Waals surface area contributed by atoms with E-state index in [1.165, 1.54) is 12.4 Å². The number of hydrogen-bond donors (Lipinski definition) is 5. The maximum absolute atomic E-state index is 11.0. The zero-order valence-corrected chi connectivity index (χ0v) is 7.95. The highest BCUT2D eigenvalue weighted by molar-refractivity contribution is 5.84. The van der Waals surface area contributed by atoms with Crippen molar-refractivity contribution in [3.63, 3.8) is 0 Å². The van der Waals surface area contributed by atoms with Crippen molar-refractivity contribution >= 4 is 11.9 Å². The number of Topliss-reactive ketones (excluding diaryl/α,β-unsaturated/α-hetero) is 1. The van der Waals surface area contributed by atoms with E-state index in [2.05, 4.69) is 4.84 Å². The molecule has 0 saturated heterocycles. The molecular weight excluding hydrogens is 210 g/mol. The molecule has 0 aliphatic rings. The normalized spacial score (nSPS) is 16.5. The Morgan fingerprint density at radius 2 is 1.87 bits per heavy atom. The van der Waals surface area contributed by atoms with E-state index in [1.54, 1.807) is 0 Å². The van der Waals surface area contributed by atoms with Crippen LogP contribution in [0.15, 0.2) is 0 Å². The fourth-order valence-electron chi connectivity index (χ4n) is 0.709. The lowest BCUT2D eigenvalue weighted by Crippen LogP contribution is -2.43. The Labute approximate surface area is 85.0 Å². The van der Waals surface area contributed by atoms with Crippen LogP contribution in [0.5, 0.6) is 0 Å². The zero-order chi connectivity index (χ0) is 12.0. The Bertz CT molecular complexity index is 229. The van der Waals surface area contributed by atoms with Crippen molar-refractivity contribution in [2.45, 2.75) is 25.2 Å². The van der Waals surface area contributed by atoms with Gasteiger partial charge >= 0.3 is 6.09 Å². The molecule has 0 aliphatic heterocycles. The minimum absolute atomic E-state index is 0.739. The molecule has 0 aromatic carbocycles. The Hall–Kier alpha value is -1.22. The largest absolute Gasteiger partial charge is 0.464 e. The molecule has 0 saturated carbocycles. The molecule has 15 heavy (non-hydrogen) atoms. The molecule has 0 bridgehead atoms. The van der Waals surface area contributed by atoms with Gasteiger partial charge in [0.15, 0.2) is 5.78 Å². The SMILES string of the molecule is C[C@H](O)[C@@H](O)[C@H](O)C(=O)CONC(=O)O. The van der Waals surface area contributed by atoms with Crippen molar-refractivity contribution in [3.8, 4) is 0 Å². The molecule has 0 radical (unpaired) electrons. The van der Waals surface area contributed by atoms with Gasteiger partial charge in [0, 0.05) is 0 Å². The molecule has 1 amide bonds. The third kappa shape index (κ3) is 5.27. The molecular formula is C7H13NO7. The molecule has 0 fully saturated rings. The maximum atomic E-state index is 11.0. The van der Waals surface area contributed by atoms with Crippen molar-refractivity contribution in [2.75, 3.05) is 6.61 Å². The van der Waals surface area contributed by atoms with Crippen LogP contribution in [-0.4, -0.2) is 57.2 Å². The predicted molar refractivity (Wildman–Crippen MR) is 45.8 cm³/mol. The van der Waals surface area contributed by atoms with Gasteiger partial charge in [-0.05, 0) is 6.92 Å². The first-order valence-electron chi connectivity index (χ1n) is 4.04. The van der Waals surface area contributed by atoms with E-state index in [1.807, 2.05) is 0 Å². The smallest absolute Gasteiger partial charge is 0.428 e. The number of rotatable bonds is 6. The monoisotopic (exact) mass is 223 g/mol. The molecule has 0 heterocycles. The fraction of sp³-hybridized carbons (Fsp3) is 0.714. The Morgan fingerprint density at radius 1 is 1.33 bits per heavy atom. The summed E-state index contributed by atoms with van der Waals surface area (Å²) in [6.45, 7) is 0.453. The molecule has 0 spiro atoms. The molecule has 0 rings (SSSR count). The van der Waals surface area contributed by atoms with Crippen molar-refractivity contribution in [3.05, 3.63) is 0 Å². The van der Waals surface area contributed by atoms with Gasteiger partial charge in [-0.1, -0.05) is 0 Å². The van der Waals surface area contributed by atoms with Crippen LogP contribution < -0.4 is 5.48 Å². The summed E-state index contributed by atoms with van der Waals surface area (Å²) >= 11 is 0. The van der Waals surface area contributed by atoms with Crippen LogP contribution in [0.1, 0.15) is 6.92 Å². The minimum Gasteiger partial charge on any atom is -0.464 e. The van der Waals surface area contributed by atoms with Gasteiger partial charge < -0.3 is 20.4 Å². The van der Waals surface area contributed by atoms with Gasteiger partial charge in [-0.15, -0.1) is 0 Å². The van der Waals surface area contributed by atoms with E-state index in [4.69, 9.17) is 20.4 Å². The van der Waals surface area contributed by atoms with E-state index >= 15 is 0 Å². The van der Waals surface area contributed by atoms with Crippen LogP contribution in [0.4, 0.5) is 4.79 Å². The number of nitrogens with one attached hydrogen (secondary N) is 1. The van der Waals surface area contributed by atoms with E-state index in [0.717, 1.165) is 0 Å². The number of ketones is 1. The average molecular weight is 223 g/mol. The van der Waals surface area contributed by atoms with Crippen LogP contribution in [0.2, 0.25) is 0 Å². The van der Waals surface area contributed by atoms with Gasteiger partial charge in [0.25, 0.3) is 0 Å². The highest BCUT2D eigenvalue weighted by Gasteiger charge is 2.27. The fourth-order valence-corrected chi connectivity index (χ4v) is 0.709. The number of hydroxylamine groups is 1. The lowest BCUT2D eigenvalue weighted by molar-refractivity contribution is -0.144. The van der Waals surface area contributed by atoms with Crippen LogP contribution in [0, 0.1) is 0 Å². The summed E-state index contributed by atoms with van der Waals surface area (Å²) in [4.78, 5) is 25.0. The van der Waals surface area contributed by atoms with Crippen LogP contribution in [0.3, 0.4) is 0 Å². The van der Waals surface area contributed by atoms with E-state index in [-0.39, 0.29) is 0 Å². The summed E-state index contributed by atoms with van der Waals surface area (Å²) in [6.07, 6.45) is -6.23. The van der Waals surface area contributed by atoms with Crippen molar-refractivity contribution in [2.24, 2.45) is 0 Å². The van der Waals surface area contributed by atoms with Crippen LogP contribution >= 0.6 is 0 Å². The number of carbonyl (C=O) groups is 2. The second kappa shape index (κ2) is 6.30. The van der Waals surface area contributed by atoms with Crippen molar-refractivity contribution in [1.82, 2.24) is 5.48 Å². The second-order valence-electron chi connectivity index (χ2n) is 2.84. The van der Waals surface area contributed by atoms with Crippen LogP contribution in [0.25, 0.3) is 0 Å².